The maximum Gasteiger partial charge on any atom is 0.272 e. The van der Waals surface area contributed by atoms with Crippen LogP contribution in [-0.2, 0) is 16.1 Å². The lowest BCUT2D eigenvalue weighted by Crippen LogP contribution is -2.35. The zero-order chi connectivity index (χ0) is 29.9. The van der Waals surface area contributed by atoms with E-state index < -0.39 is 12.3 Å². The number of anilines is 2. The minimum Gasteiger partial charge on any atom is -0.338 e. The number of fused-ring (bicyclic) bond motifs is 1. The molecular formula is C30H31F2N5O3S. The second-order valence-corrected chi connectivity index (χ2v) is 11.8. The van der Waals surface area contributed by atoms with Gasteiger partial charge in [0, 0.05) is 25.7 Å². The van der Waals surface area contributed by atoms with Crippen molar-refractivity contribution in [3.63, 3.8) is 0 Å². The van der Waals surface area contributed by atoms with Crippen molar-refractivity contribution in [2.45, 2.75) is 40.7 Å². The first-order valence-electron chi connectivity index (χ1n) is 12.8. The van der Waals surface area contributed by atoms with E-state index in [1.165, 1.54) is 19.1 Å². The number of nitrogens with zero attached hydrogens (tertiary/aromatic N) is 3. The summed E-state index contributed by atoms with van der Waals surface area (Å²) in [7, 11) is 0. The van der Waals surface area contributed by atoms with Gasteiger partial charge in [-0.2, -0.15) is 0 Å². The second kappa shape index (κ2) is 12.0. The number of halogens is 2. The summed E-state index contributed by atoms with van der Waals surface area (Å²) in [5.41, 5.74) is 3.06. The number of nitrogens with one attached hydrogen (secondary N) is 2. The van der Waals surface area contributed by atoms with Crippen LogP contribution in [0.25, 0.3) is 16.7 Å². The average molecular weight is 580 g/mol. The first-order chi connectivity index (χ1) is 19.3. The summed E-state index contributed by atoms with van der Waals surface area (Å²) in [5.74, 6) is -0.841. The fourth-order valence-electron chi connectivity index (χ4n) is 4.31. The number of amides is 3. The van der Waals surface area contributed by atoms with Gasteiger partial charge in [-0.3, -0.25) is 24.3 Å². The van der Waals surface area contributed by atoms with E-state index in [4.69, 9.17) is 0 Å². The Hall–Kier alpha value is -4.38. The molecule has 3 amide bonds. The number of hydrogen-bond acceptors (Lipinski definition) is 5. The maximum absolute atomic E-state index is 13.1. The lowest BCUT2D eigenvalue weighted by atomic mass is 9.95. The van der Waals surface area contributed by atoms with Gasteiger partial charge in [0.2, 0.25) is 17.8 Å². The molecule has 0 radical (unpaired) electrons. The highest BCUT2D eigenvalue weighted by Gasteiger charge is 2.22. The van der Waals surface area contributed by atoms with E-state index >= 15 is 0 Å². The van der Waals surface area contributed by atoms with E-state index in [1.54, 1.807) is 33.7 Å². The third-order valence-corrected chi connectivity index (χ3v) is 7.14. The monoisotopic (exact) mass is 579 g/mol. The molecule has 0 saturated heterocycles. The molecule has 4 aromatic rings. The minimum absolute atomic E-state index is 0.0454. The van der Waals surface area contributed by atoms with Crippen LogP contribution in [0.1, 0.15) is 54.2 Å². The number of imidazole rings is 1. The molecule has 0 aliphatic heterocycles. The molecule has 214 valence electrons. The zero-order valence-electron chi connectivity index (χ0n) is 23.2. The van der Waals surface area contributed by atoms with Crippen molar-refractivity contribution in [3.8, 4) is 5.69 Å². The van der Waals surface area contributed by atoms with Gasteiger partial charge in [-0.15, -0.1) is 11.3 Å². The first-order valence-corrected chi connectivity index (χ1v) is 13.7. The van der Waals surface area contributed by atoms with Crippen LogP contribution in [0.3, 0.4) is 0 Å². The Bertz CT molecular complexity index is 1620. The van der Waals surface area contributed by atoms with Crippen LogP contribution < -0.4 is 10.6 Å². The van der Waals surface area contributed by atoms with Crippen molar-refractivity contribution in [2.24, 2.45) is 5.41 Å². The van der Waals surface area contributed by atoms with Gasteiger partial charge in [0.1, 0.15) is 0 Å². The number of rotatable bonds is 9. The Morgan fingerprint density at radius 2 is 1.85 bits per heavy atom. The van der Waals surface area contributed by atoms with E-state index in [0.29, 0.717) is 46.8 Å². The van der Waals surface area contributed by atoms with Crippen molar-refractivity contribution in [2.75, 3.05) is 17.2 Å². The summed E-state index contributed by atoms with van der Waals surface area (Å²) in [6.07, 6.45) is -1.52. The number of carbonyl (C=O) groups excluding carboxylic acids is 3. The highest BCUT2D eigenvalue weighted by molar-refractivity contribution is 7.14. The SMILES string of the molecule is C=CC(=O)Nc1cccc(-n2c(NC(=O)c3ccc(C(F)F)s3)nc3cc(CN(CC(C)(C)C)C(C)=O)ccc32)c1. The summed E-state index contributed by atoms with van der Waals surface area (Å²) >= 11 is 0.712. The maximum atomic E-state index is 13.1. The Morgan fingerprint density at radius 3 is 2.49 bits per heavy atom. The van der Waals surface area contributed by atoms with Crippen LogP contribution in [-0.4, -0.2) is 38.7 Å². The number of hydrogen-bond donors (Lipinski definition) is 2. The molecule has 0 atom stereocenters. The molecule has 0 saturated carbocycles. The Balaban J connectivity index is 1.77. The summed E-state index contributed by atoms with van der Waals surface area (Å²) in [6.45, 7) is 12.1. The lowest BCUT2D eigenvalue weighted by molar-refractivity contribution is -0.130. The van der Waals surface area contributed by atoms with Gasteiger partial charge in [-0.05, 0) is 59.5 Å². The number of alkyl halides is 2. The predicted octanol–water partition coefficient (Wildman–Crippen LogP) is 6.80. The van der Waals surface area contributed by atoms with E-state index in [2.05, 4.69) is 43.0 Å². The second-order valence-electron chi connectivity index (χ2n) is 10.7. The topological polar surface area (TPSA) is 96.3 Å². The van der Waals surface area contributed by atoms with Crippen molar-refractivity contribution in [1.82, 2.24) is 14.5 Å². The molecule has 2 aromatic carbocycles. The smallest absolute Gasteiger partial charge is 0.272 e. The number of carbonyl (C=O) groups is 3. The fourth-order valence-corrected chi connectivity index (χ4v) is 5.07. The fraction of sp³-hybridized carbons (Fsp3) is 0.267. The molecule has 0 fully saturated rings. The molecule has 0 aliphatic rings. The highest BCUT2D eigenvalue weighted by Crippen LogP contribution is 2.30. The van der Waals surface area contributed by atoms with E-state index in [1.807, 2.05) is 18.2 Å². The van der Waals surface area contributed by atoms with Gasteiger partial charge in [-0.25, -0.2) is 13.8 Å². The van der Waals surface area contributed by atoms with E-state index in [0.717, 1.165) is 11.6 Å². The molecule has 0 bridgehead atoms. The van der Waals surface area contributed by atoms with Crippen LogP contribution in [0.4, 0.5) is 20.4 Å². The summed E-state index contributed by atoms with van der Waals surface area (Å²) in [5, 5.41) is 5.47. The lowest BCUT2D eigenvalue weighted by Gasteiger charge is -2.29. The third-order valence-electron chi connectivity index (χ3n) is 6.05. The molecule has 0 spiro atoms. The molecule has 0 unspecified atom stereocenters. The molecule has 11 heteroatoms. The number of aromatic nitrogens is 2. The Labute approximate surface area is 240 Å². The van der Waals surface area contributed by atoms with E-state index in [9.17, 15) is 23.2 Å². The van der Waals surface area contributed by atoms with Gasteiger partial charge < -0.3 is 10.2 Å². The molecule has 2 aromatic heterocycles. The number of thiophene rings is 1. The summed E-state index contributed by atoms with van der Waals surface area (Å²) < 4.78 is 27.9. The summed E-state index contributed by atoms with van der Waals surface area (Å²) in [6, 6.07) is 15.1. The number of benzene rings is 2. The quantitative estimate of drug-likeness (QED) is 0.213. The molecule has 2 heterocycles. The molecule has 8 nitrogen and oxygen atoms in total. The van der Waals surface area contributed by atoms with Crippen LogP contribution in [0.5, 0.6) is 0 Å². The van der Waals surface area contributed by atoms with Crippen LogP contribution in [0.15, 0.2) is 67.3 Å². The average Bonchev–Trinajstić information content (AvgIpc) is 3.52. The Kier molecular flexibility index (Phi) is 8.67. The van der Waals surface area contributed by atoms with Crippen molar-refractivity contribution >= 4 is 51.7 Å². The minimum atomic E-state index is -2.68. The van der Waals surface area contributed by atoms with Gasteiger partial charge in [0.15, 0.2) is 0 Å². The first kappa shape index (κ1) is 29.6. The largest absolute Gasteiger partial charge is 0.338 e. The van der Waals surface area contributed by atoms with Gasteiger partial charge in [0.25, 0.3) is 12.3 Å². The van der Waals surface area contributed by atoms with Gasteiger partial charge >= 0.3 is 0 Å². The van der Waals surface area contributed by atoms with Gasteiger partial charge in [-0.1, -0.05) is 39.5 Å². The predicted molar refractivity (Wildman–Crippen MR) is 158 cm³/mol. The van der Waals surface area contributed by atoms with Crippen LogP contribution in [0, 0.1) is 5.41 Å². The van der Waals surface area contributed by atoms with Crippen molar-refractivity contribution in [3.05, 3.63) is 82.6 Å². The van der Waals surface area contributed by atoms with E-state index in [-0.39, 0.29) is 32.9 Å². The molecule has 2 N–H and O–H groups in total. The summed E-state index contributed by atoms with van der Waals surface area (Å²) in [4.78, 5) is 43.6. The highest BCUT2D eigenvalue weighted by atomic mass is 32.1. The molecule has 4 rings (SSSR count). The van der Waals surface area contributed by atoms with Crippen LogP contribution in [0.2, 0.25) is 0 Å². The normalized spacial score (nSPS) is 11.5. The zero-order valence-corrected chi connectivity index (χ0v) is 24.0. The third kappa shape index (κ3) is 7.23. The van der Waals surface area contributed by atoms with Crippen LogP contribution >= 0.6 is 11.3 Å². The van der Waals surface area contributed by atoms with Crippen molar-refractivity contribution in [1.29, 1.82) is 0 Å². The molecule has 41 heavy (non-hydrogen) atoms. The molecule has 0 aliphatic carbocycles. The standard InChI is InChI=1S/C30H31F2N5O3S/c1-6-26(39)33-20-8-7-9-21(15-20)37-23-11-10-19(16-36(18(2)38)17-30(3,4)5)14-22(23)34-29(37)35-28(40)25-13-12-24(41-25)27(31)32/h6-15,27H,1,16-17H2,2-5H3,(H,33,39)(H,34,35,40). The van der Waals surface area contributed by atoms with Crippen molar-refractivity contribution < 1.29 is 23.2 Å². The molecular weight excluding hydrogens is 548 g/mol. The Morgan fingerprint density at radius 1 is 1.10 bits per heavy atom. The van der Waals surface area contributed by atoms with Gasteiger partial charge in [0.05, 0.1) is 26.5 Å².